The van der Waals surface area contributed by atoms with Crippen LogP contribution in [0.1, 0.15) is 16.8 Å². The zero-order chi connectivity index (χ0) is 15.0. The van der Waals surface area contributed by atoms with Crippen LogP contribution in [0.25, 0.3) is 0 Å². The Bertz CT molecular complexity index is 439. The maximum absolute atomic E-state index is 12.0. The Hall–Kier alpha value is -1.46. The van der Waals surface area contributed by atoms with Gasteiger partial charge in [0.2, 0.25) is 0 Å². The summed E-state index contributed by atoms with van der Waals surface area (Å²) in [6, 6.07) is 5.02. The van der Waals surface area contributed by atoms with Crippen molar-refractivity contribution in [3.05, 3.63) is 23.8 Å². The summed E-state index contributed by atoms with van der Waals surface area (Å²) < 4.78 is 15.2. The number of amides is 1. The number of methoxy groups -OCH3 is 3. The van der Waals surface area contributed by atoms with Crippen LogP contribution in [-0.2, 0) is 4.74 Å². The van der Waals surface area contributed by atoms with Crippen LogP contribution < -0.4 is 14.8 Å². The predicted molar refractivity (Wildman–Crippen MR) is 78.0 cm³/mol. The van der Waals surface area contributed by atoms with Gasteiger partial charge >= 0.3 is 0 Å². The van der Waals surface area contributed by atoms with Gasteiger partial charge in [-0.3, -0.25) is 4.79 Å². The molecule has 1 atom stereocenters. The lowest BCUT2D eigenvalue weighted by Crippen LogP contribution is -2.27. The monoisotopic (exact) mass is 301 g/mol. The molecule has 0 bridgehead atoms. The van der Waals surface area contributed by atoms with Gasteiger partial charge < -0.3 is 19.5 Å². The van der Waals surface area contributed by atoms with E-state index in [4.69, 9.17) is 25.8 Å². The van der Waals surface area contributed by atoms with E-state index in [0.29, 0.717) is 36.6 Å². The molecule has 0 saturated carbocycles. The molecule has 0 spiro atoms. The van der Waals surface area contributed by atoms with Crippen molar-refractivity contribution in [2.75, 3.05) is 34.5 Å². The van der Waals surface area contributed by atoms with Gasteiger partial charge in [-0.25, -0.2) is 0 Å². The second-order valence-electron chi connectivity index (χ2n) is 4.17. The molecule has 0 radical (unpaired) electrons. The van der Waals surface area contributed by atoms with Crippen molar-refractivity contribution in [1.82, 2.24) is 5.32 Å². The van der Waals surface area contributed by atoms with Gasteiger partial charge in [-0.15, -0.1) is 11.6 Å². The zero-order valence-corrected chi connectivity index (χ0v) is 12.7. The van der Waals surface area contributed by atoms with Crippen LogP contribution in [0.5, 0.6) is 11.5 Å². The van der Waals surface area contributed by atoms with Crippen molar-refractivity contribution in [3.8, 4) is 11.5 Å². The first-order chi connectivity index (χ1) is 9.62. The fraction of sp³-hybridized carbons (Fsp3) is 0.500. The molecular weight excluding hydrogens is 282 g/mol. The molecule has 1 aromatic rings. The van der Waals surface area contributed by atoms with Gasteiger partial charge in [0.15, 0.2) is 11.5 Å². The van der Waals surface area contributed by atoms with E-state index in [1.54, 1.807) is 32.4 Å². The lowest BCUT2D eigenvalue weighted by Gasteiger charge is -2.11. The Morgan fingerprint density at radius 3 is 2.55 bits per heavy atom. The number of hydrogen-bond donors (Lipinski definition) is 1. The molecule has 1 rings (SSSR count). The number of hydrogen-bond acceptors (Lipinski definition) is 4. The van der Waals surface area contributed by atoms with Crippen molar-refractivity contribution in [2.45, 2.75) is 11.8 Å². The van der Waals surface area contributed by atoms with Crippen molar-refractivity contribution < 1.29 is 19.0 Å². The lowest BCUT2D eigenvalue weighted by atomic mass is 10.2. The summed E-state index contributed by atoms with van der Waals surface area (Å²) in [7, 11) is 4.67. The predicted octanol–water partition coefficient (Wildman–Crippen LogP) is 2.08. The average Bonchev–Trinajstić information content (AvgIpc) is 2.46. The second-order valence-corrected chi connectivity index (χ2v) is 4.78. The summed E-state index contributed by atoms with van der Waals surface area (Å²) in [6.07, 6.45) is 0.647. The Balaban J connectivity index is 2.55. The molecular formula is C14H20ClNO4. The number of nitrogens with one attached hydrogen (secondary N) is 1. The second kappa shape index (κ2) is 8.66. The maximum Gasteiger partial charge on any atom is 0.251 e. The van der Waals surface area contributed by atoms with E-state index in [-0.39, 0.29) is 11.3 Å². The highest BCUT2D eigenvalue weighted by Crippen LogP contribution is 2.27. The molecule has 1 N–H and O–H groups in total. The van der Waals surface area contributed by atoms with Crippen molar-refractivity contribution in [2.24, 2.45) is 0 Å². The molecule has 0 saturated heterocycles. The molecule has 6 heteroatoms. The van der Waals surface area contributed by atoms with E-state index in [1.807, 2.05) is 0 Å². The molecule has 20 heavy (non-hydrogen) atoms. The first-order valence-electron chi connectivity index (χ1n) is 6.25. The van der Waals surface area contributed by atoms with Crippen LogP contribution in [0.3, 0.4) is 0 Å². The molecule has 112 valence electrons. The molecule has 0 fully saturated rings. The normalized spacial score (nSPS) is 11.8. The molecule has 1 amide bonds. The van der Waals surface area contributed by atoms with E-state index < -0.39 is 0 Å². The highest BCUT2D eigenvalue weighted by atomic mass is 35.5. The Labute approximate surface area is 124 Å². The fourth-order valence-corrected chi connectivity index (χ4v) is 1.92. The number of ether oxygens (including phenoxy) is 3. The Kier molecular flexibility index (Phi) is 7.18. The van der Waals surface area contributed by atoms with Crippen molar-refractivity contribution in [1.29, 1.82) is 0 Å². The van der Waals surface area contributed by atoms with Gasteiger partial charge in [0.1, 0.15) is 0 Å². The molecule has 0 aromatic heterocycles. The molecule has 1 unspecified atom stereocenters. The first kappa shape index (κ1) is 16.6. The van der Waals surface area contributed by atoms with Crippen molar-refractivity contribution in [3.63, 3.8) is 0 Å². The highest BCUT2D eigenvalue weighted by Gasteiger charge is 2.11. The molecule has 0 heterocycles. The summed E-state index contributed by atoms with van der Waals surface area (Å²) in [5, 5.41) is 2.70. The third-order valence-electron chi connectivity index (χ3n) is 2.74. The van der Waals surface area contributed by atoms with E-state index in [2.05, 4.69) is 5.32 Å². The van der Waals surface area contributed by atoms with Gasteiger partial charge in [0.25, 0.3) is 5.91 Å². The van der Waals surface area contributed by atoms with Crippen LogP contribution in [0.15, 0.2) is 18.2 Å². The minimum atomic E-state index is -0.174. The molecule has 0 aliphatic carbocycles. The van der Waals surface area contributed by atoms with E-state index >= 15 is 0 Å². The number of halogens is 1. The molecule has 0 aliphatic heterocycles. The summed E-state index contributed by atoms with van der Waals surface area (Å²) in [5.74, 6) is 0.937. The highest BCUT2D eigenvalue weighted by molar-refractivity contribution is 6.20. The van der Waals surface area contributed by atoms with Crippen LogP contribution in [0.2, 0.25) is 0 Å². The summed E-state index contributed by atoms with van der Waals surface area (Å²) in [6.45, 7) is 0.957. The lowest BCUT2D eigenvalue weighted by molar-refractivity contribution is 0.0951. The van der Waals surface area contributed by atoms with Crippen LogP contribution in [0, 0.1) is 0 Å². The van der Waals surface area contributed by atoms with Crippen LogP contribution in [0.4, 0.5) is 0 Å². The topological polar surface area (TPSA) is 56.8 Å². The number of benzene rings is 1. The number of carbonyl (C=O) groups excluding carboxylic acids is 1. The minimum Gasteiger partial charge on any atom is -0.493 e. The molecule has 5 nitrogen and oxygen atoms in total. The average molecular weight is 302 g/mol. The summed E-state index contributed by atoms with van der Waals surface area (Å²) in [4.78, 5) is 12.0. The zero-order valence-electron chi connectivity index (χ0n) is 11.9. The maximum atomic E-state index is 12.0. The number of alkyl halides is 1. The van der Waals surface area contributed by atoms with Crippen LogP contribution in [-0.4, -0.2) is 45.8 Å². The summed E-state index contributed by atoms with van der Waals surface area (Å²) >= 11 is 5.98. The van der Waals surface area contributed by atoms with Gasteiger partial charge in [0, 0.05) is 19.2 Å². The standard InChI is InChI=1S/C14H20ClNO4/c1-18-9-11(15)6-7-16-14(17)10-4-5-12(19-2)13(8-10)20-3/h4-5,8,11H,6-7,9H2,1-3H3,(H,16,17). The molecule has 1 aromatic carbocycles. The summed E-state index contributed by atoms with van der Waals surface area (Å²) in [5.41, 5.74) is 0.514. The largest absolute Gasteiger partial charge is 0.493 e. The third-order valence-corrected chi connectivity index (χ3v) is 3.08. The van der Waals surface area contributed by atoms with Gasteiger partial charge in [-0.1, -0.05) is 0 Å². The van der Waals surface area contributed by atoms with E-state index in [9.17, 15) is 4.79 Å². The third kappa shape index (κ3) is 4.90. The Morgan fingerprint density at radius 2 is 1.95 bits per heavy atom. The minimum absolute atomic E-state index is 0.106. The van der Waals surface area contributed by atoms with Crippen molar-refractivity contribution >= 4 is 17.5 Å². The van der Waals surface area contributed by atoms with Crippen LogP contribution >= 0.6 is 11.6 Å². The number of carbonyl (C=O) groups is 1. The van der Waals surface area contributed by atoms with Gasteiger partial charge in [-0.05, 0) is 24.6 Å². The molecule has 0 aliphatic rings. The quantitative estimate of drug-likeness (QED) is 0.747. The fourth-order valence-electron chi connectivity index (χ4n) is 1.69. The van der Waals surface area contributed by atoms with E-state index in [0.717, 1.165) is 0 Å². The van der Waals surface area contributed by atoms with E-state index in [1.165, 1.54) is 7.11 Å². The SMILES string of the molecule is COCC(Cl)CCNC(=O)c1ccc(OC)c(OC)c1. The van der Waals surface area contributed by atoms with Gasteiger partial charge in [-0.2, -0.15) is 0 Å². The number of rotatable bonds is 8. The first-order valence-corrected chi connectivity index (χ1v) is 6.69. The van der Waals surface area contributed by atoms with Gasteiger partial charge in [0.05, 0.1) is 26.2 Å². The smallest absolute Gasteiger partial charge is 0.251 e. The Morgan fingerprint density at radius 1 is 1.25 bits per heavy atom.